The Morgan fingerprint density at radius 3 is 2.48 bits per heavy atom. The summed E-state index contributed by atoms with van der Waals surface area (Å²) in [5.41, 5.74) is 6.06. The van der Waals surface area contributed by atoms with Crippen LogP contribution in [0.15, 0.2) is 23.1 Å². The van der Waals surface area contributed by atoms with Gasteiger partial charge >= 0.3 is 0 Å². The maximum atomic E-state index is 13.7. The van der Waals surface area contributed by atoms with Crippen LogP contribution in [0.4, 0.5) is 4.39 Å². The molecule has 1 unspecified atom stereocenters. The van der Waals surface area contributed by atoms with Crippen molar-refractivity contribution in [3.63, 3.8) is 0 Å². The summed E-state index contributed by atoms with van der Waals surface area (Å²) in [6.07, 6.45) is 2.71. The van der Waals surface area contributed by atoms with Gasteiger partial charge in [-0.2, -0.15) is 0 Å². The van der Waals surface area contributed by atoms with E-state index in [0.717, 1.165) is 25.3 Å². The number of benzene rings is 1. The first-order valence-corrected chi connectivity index (χ1v) is 8.75. The molecule has 0 heterocycles. The quantitative estimate of drug-likeness (QED) is 0.774. The van der Waals surface area contributed by atoms with E-state index in [-0.39, 0.29) is 17.5 Å². The minimum absolute atomic E-state index is 0.173. The Balaban J connectivity index is 2.77. The molecule has 1 aromatic rings. The van der Waals surface area contributed by atoms with Gasteiger partial charge in [0, 0.05) is 12.6 Å². The van der Waals surface area contributed by atoms with Gasteiger partial charge in [0.05, 0.1) is 0 Å². The minimum atomic E-state index is -3.85. The first-order chi connectivity index (χ1) is 9.76. The number of nitrogens with one attached hydrogen (secondary N) is 1. The minimum Gasteiger partial charge on any atom is -0.326 e. The van der Waals surface area contributed by atoms with Gasteiger partial charge in [-0.05, 0) is 37.0 Å². The molecule has 120 valence electrons. The number of hydrogen-bond donors (Lipinski definition) is 2. The zero-order valence-corrected chi connectivity index (χ0v) is 13.7. The second kappa shape index (κ2) is 7.87. The van der Waals surface area contributed by atoms with Crippen molar-refractivity contribution in [1.82, 2.24) is 4.72 Å². The van der Waals surface area contributed by atoms with E-state index in [1.165, 1.54) is 12.1 Å². The van der Waals surface area contributed by atoms with Gasteiger partial charge in [-0.25, -0.2) is 17.5 Å². The number of hydrogen-bond acceptors (Lipinski definition) is 3. The number of rotatable bonds is 8. The normalized spacial score (nSPS) is 13.6. The first-order valence-electron chi connectivity index (χ1n) is 7.27. The summed E-state index contributed by atoms with van der Waals surface area (Å²) in [4.78, 5) is -0.332. The molecule has 0 fully saturated rings. The van der Waals surface area contributed by atoms with Crippen LogP contribution >= 0.6 is 0 Å². The van der Waals surface area contributed by atoms with E-state index in [4.69, 9.17) is 5.73 Å². The van der Waals surface area contributed by atoms with Crippen LogP contribution in [0.3, 0.4) is 0 Å². The molecule has 1 atom stereocenters. The molecule has 6 heteroatoms. The zero-order chi connectivity index (χ0) is 16.0. The maximum Gasteiger partial charge on any atom is 0.243 e. The van der Waals surface area contributed by atoms with Crippen LogP contribution in [-0.4, -0.2) is 14.5 Å². The highest BCUT2D eigenvalue weighted by molar-refractivity contribution is 7.89. The molecular weight excluding hydrogens is 291 g/mol. The summed E-state index contributed by atoms with van der Waals surface area (Å²) < 4.78 is 40.8. The molecule has 21 heavy (non-hydrogen) atoms. The Labute approximate surface area is 127 Å². The monoisotopic (exact) mass is 316 g/mol. The van der Waals surface area contributed by atoms with Crippen molar-refractivity contribution in [2.45, 2.75) is 57.5 Å². The fraction of sp³-hybridized carbons (Fsp3) is 0.600. The smallest absolute Gasteiger partial charge is 0.243 e. The predicted molar refractivity (Wildman–Crippen MR) is 82.8 cm³/mol. The summed E-state index contributed by atoms with van der Waals surface area (Å²) in [5, 5.41) is 0. The zero-order valence-electron chi connectivity index (χ0n) is 12.9. The number of nitrogens with two attached hydrogens (primary N) is 1. The topological polar surface area (TPSA) is 72.2 Å². The van der Waals surface area contributed by atoms with Crippen molar-refractivity contribution in [3.8, 4) is 0 Å². The number of sulfonamides is 1. The Hall–Kier alpha value is -0.980. The molecule has 0 saturated carbocycles. The standard InChI is InChI=1S/C15H25FN2O2S/c1-11(2)5-4-6-12(3)18-21(19,20)15-9-13(10-17)7-8-14(15)16/h7-9,11-12,18H,4-6,10,17H2,1-3H3. The highest BCUT2D eigenvalue weighted by Gasteiger charge is 2.21. The van der Waals surface area contributed by atoms with Gasteiger partial charge in [0.15, 0.2) is 0 Å². The molecule has 3 N–H and O–H groups in total. The molecule has 0 radical (unpaired) electrons. The third kappa shape index (κ3) is 5.73. The molecule has 0 aromatic heterocycles. The molecule has 0 saturated heterocycles. The molecule has 0 bridgehead atoms. The van der Waals surface area contributed by atoms with Crippen LogP contribution < -0.4 is 10.5 Å². The molecule has 1 aromatic carbocycles. The average Bonchev–Trinajstić information content (AvgIpc) is 2.38. The van der Waals surface area contributed by atoms with E-state index in [9.17, 15) is 12.8 Å². The van der Waals surface area contributed by atoms with Crippen LogP contribution in [0.2, 0.25) is 0 Å². The summed E-state index contributed by atoms with van der Waals surface area (Å²) in [6.45, 7) is 6.22. The summed E-state index contributed by atoms with van der Waals surface area (Å²) in [7, 11) is -3.85. The largest absolute Gasteiger partial charge is 0.326 e. The van der Waals surface area contributed by atoms with E-state index in [2.05, 4.69) is 18.6 Å². The molecule has 1 rings (SSSR count). The third-order valence-electron chi connectivity index (χ3n) is 3.30. The Kier molecular flexibility index (Phi) is 6.77. The summed E-state index contributed by atoms with van der Waals surface area (Å²) in [6, 6.07) is 3.69. The molecule has 0 aliphatic rings. The lowest BCUT2D eigenvalue weighted by Gasteiger charge is -2.15. The highest BCUT2D eigenvalue weighted by atomic mass is 32.2. The van der Waals surface area contributed by atoms with Crippen molar-refractivity contribution in [1.29, 1.82) is 0 Å². The Morgan fingerprint density at radius 1 is 1.24 bits per heavy atom. The number of halogens is 1. The van der Waals surface area contributed by atoms with Crippen LogP contribution in [0.5, 0.6) is 0 Å². The molecule has 0 aliphatic carbocycles. The summed E-state index contributed by atoms with van der Waals surface area (Å²) >= 11 is 0. The van der Waals surface area contributed by atoms with Gasteiger partial charge < -0.3 is 5.73 Å². The van der Waals surface area contributed by atoms with Gasteiger partial charge in [0.2, 0.25) is 10.0 Å². The van der Waals surface area contributed by atoms with E-state index >= 15 is 0 Å². The van der Waals surface area contributed by atoms with Crippen LogP contribution in [0, 0.1) is 11.7 Å². The van der Waals surface area contributed by atoms with E-state index in [0.29, 0.717) is 11.5 Å². The first kappa shape index (κ1) is 18.1. The molecule has 0 amide bonds. The SMILES string of the molecule is CC(C)CCCC(C)NS(=O)(=O)c1cc(CN)ccc1F. The summed E-state index contributed by atoms with van der Waals surface area (Å²) in [5.74, 6) is -0.165. The maximum absolute atomic E-state index is 13.7. The van der Waals surface area contributed by atoms with E-state index in [1.807, 2.05) is 0 Å². The highest BCUT2D eigenvalue weighted by Crippen LogP contribution is 2.17. The van der Waals surface area contributed by atoms with Gasteiger partial charge in [0.1, 0.15) is 10.7 Å². The molecule has 0 aliphatic heterocycles. The van der Waals surface area contributed by atoms with E-state index in [1.54, 1.807) is 6.92 Å². The van der Waals surface area contributed by atoms with Gasteiger partial charge in [-0.15, -0.1) is 0 Å². The van der Waals surface area contributed by atoms with Crippen LogP contribution in [0.25, 0.3) is 0 Å². The van der Waals surface area contributed by atoms with Gasteiger partial charge in [-0.1, -0.05) is 32.8 Å². The third-order valence-corrected chi connectivity index (χ3v) is 4.90. The van der Waals surface area contributed by atoms with Crippen molar-refractivity contribution < 1.29 is 12.8 Å². The van der Waals surface area contributed by atoms with Crippen molar-refractivity contribution >= 4 is 10.0 Å². The second-order valence-electron chi connectivity index (χ2n) is 5.82. The lowest BCUT2D eigenvalue weighted by atomic mass is 10.0. The lowest BCUT2D eigenvalue weighted by Crippen LogP contribution is -2.33. The van der Waals surface area contributed by atoms with Crippen molar-refractivity contribution in [3.05, 3.63) is 29.6 Å². The Bertz CT molecular complexity index is 559. The van der Waals surface area contributed by atoms with Crippen LogP contribution in [-0.2, 0) is 16.6 Å². The second-order valence-corrected chi connectivity index (χ2v) is 7.50. The Morgan fingerprint density at radius 2 is 1.90 bits per heavy atom. The molecule has 4 nitrogen and oxygen atoms in total. The van der Waals surface area contributed by atoms with E-state index < -0.39 is 15.8 Å². The van der Waals surface area contributed by atoms with Crippen molar-refractivity contribution in [2.24, 2.45) is 11.7 Å². The van der Waals surface area contributed by atoms with Crippen LogP contribution in [0.1, 0.15) is 45.6 Å². The molecule has 0 spiro atoms. The average molecular weight is 316 g/mol. The van der Waals surface area contributed by atoms with Gasteiger partial charge in [0.25, 0.3) is 0 Å². The predicted octanol–water partition coefficient (Wildman–Crippen LogP) is 2.78. The van der Waals surface area contributed by atoms with Crippen molar-refractivity contribution in [2.75, 3.05) is 0 Å². The fourth-order valence-electron chi connectivity index (χ4n) is 2.10. The lowest BCUT2D eigenvalue weighted by molar-refractivity contribution is 0.486. The van der Waals surface area contributed by atoms with Gasteiger partial charge in [-0.3, -0.25) is 0 Å². The fourth-order valence-corrected chi connectivity index (χ4v) is 3.51. The molecular formula is C15H25FN2O2S.